The Balaban J connectivity index is 1.69. The van der Waals surface area contributed by atoms with Gasteiger partial charge in [-0.1, -0.05) is 35.5 Å². The second-order valence-corrected chi connectivity index (χ2v) is 4.40. The third kappa shape index (κ3) is 4.81. The summed E-state index contributed by atoms with van der Waals surface area (Å²) in [4.78, 5) is 0. The van der Waals surface area contributed by atoms with Gasteiger partial charge in [-0.25, -0.2) is 0 Å². The minimum atomic E-state index is 0.0766. The van der Waals surface area contributed by atoms with Gasteiger partial charge in [0.1, 0.15) is 12.4 Å². The van der Waals surface area contributed by atoms with Crippen LogP contribution in [0.4, 0.5) is 0 Å². The molecular weight excluding hydrogens is 268 g/mol. The summed E-state index contributed by atoms with van der Waals surface area (Å²) in [6.45, 7) is 1.55. The quantitative estimate of drug-likeness (QED) is 0.269. The van der Waals surface area contributed by atoms with Crippen LogP contribution in [0.5, 0.6) is 5.75 Å². The van der Waals surface area contributed by atoms with Gasteiger partial charge in [-0.05, 0) is 29.8 Å². The van der Waals surface area contributed by atoms with E-state index >= 15 is 0 Å². The molecule has 0 aromatic heterocycles. The van der Waals surface area contributed by atoms with E-state index in [-0.39, 0.29) is 5.84 Å². The van der Waals surface area contributed by atoms with Crippen molar-refractivity contribution < 1.29 is 14.7 Å². The molecule has 21 heavy (non-hydrogen) atoms. The maximum Gasteiger partial charge on any atom is 0.170 e. The van der Waals surface area contributed by atoms with Crippen molar-refractivity contribution in [1.82, 2.24) is 0 Å². The number of hydrogen-bond acceptors (Lipinski definition) is 4. The Morgan fingerprint density at radius 3 is 2.38 bits per heavy atom. The van der Waals surface area contributed by atoms with E-state index in [0.717, 1.165) is 5.56 Å². The molecule has 0 saturated carbocycles. The molecule has 3 N–H and O–H groups in total. The lowest BCUT2D eigenvalue weighted by molar-refractivity contribution is 0.0889. The summed E-state index contributed by atoms with van der Waals surface area (Å²) in [6.07, 6.45) is 0. The number of rotatable bonds is 7. The van der Waals surface area contributed by atoms with Crippen LogP contribution in [0, 0.1) is 0 Å². The second kappa shape index (κ2) is 7.91. The normalized spacial score (nSPS) is 11.3. The van der Waals surface area contributed by atoms with E-state index in [1.165, 1.54) is 0 Å². The maximum atomic E-state index is 8.57. The summed E-state index contributed by atoms with van der Waals surface area (Å²) in [7, 11) is 0. The summed E-state index contributed by atoms with van der Waals surface area (Å²) >= 11 is 0. The van der Waals surface area contributed by atoms with Gasteiger partial charge in [-0.15, -0.1) is 0 Å². The standard InChI is InChI=1S/C16H18N2O3/c17-16(18-19)14-6-8-15(9-7-14)21-11-10-20-12-13-4-2-1-3-5-13/h1-9,19H,10-12H2,(H2,17,18). The SMILES string of the molecule is NC(=NO)c1ccc(OCCOCc2ccccc2)cc1. The van der Waals surface area contributed by atoms with Crippen LogP contribution in [-0.4, -0.2) is 24.3 Å². The highest BCUT2D eigenvalue weighted by atomic mass is 16.5. The molecule has 0 amide bonds. The van der Waals surface area contributed by atoms with Crippen molar-refractivity contribution in [3.63, 3.8) is 0 Å². The minimum absolute atomic E-state index is 0.0766. The monoisotopic (exact) mass is 286 g/mol. The second-order valence-electron chi connectivity index (χ2n) is 4.40. The molecule has 0 aliphatic rings. The number of nitrogens with zero attached hydrogens (tertiary/aromatic N) is 1. The number of benzene rings is 2. The zero-order valence-electron chi connectivity index (χ0n) is 11.6. The van der Waals surface area contributed by atoms with Gasteiger partial charge < -0.3 is 20.4 Å². The Bertz CT molecular complexity index is 568. The molecule has 0 fully saturated rings. The average Bonchev–Trinajstić information content (AvgIpc) is 2.55. The maximum absolute atomic E-state index is 8.57. The molecule has 2 rings (SSSR count). The van der Waals surface area contributed by atoms with Gasteiger partial charge in [0.15, 0.2) is 5.84 Å². The fourth-order valence-electron chi connectivity index (χ4n) is 1.76. The molecule has 0 atom stereocenters. The molecule has 0 aliphatic heterocycles. The fourth-order valence-corrected chi connectivity index (χ4v) is 1.76. The first-order chi connectivity index (χ1) is 10.3. The van der Waals surface area contributed by atoms with E-state index in [1.54, 1.807) is 24.3 Å². The molecule has 5 nitrogen and oxygen atoms in total. The van der Waals surface area contributed by atoms with Crippen molar-refractivity contribution in [1.29, 1.82) is 0 Å². The van der Waals surface area contributed by atoms with E-state index in [4.69, 9.17) is 20.4 Å². The average molecular weight is 286 g/mol. The lowest BCUT2D eigenvalue weighted by Crippen LogP contribution is -2.12. The third-order valence-corrected chi connectivity index (χ3v) is 2.87. The number of nitrogens with two attached hydrogens (primary N) is 1. The van der Waals surface area contributed by atoms with Crippen LogP contribution in [0.15, 0.2) is 59.8 Å². The zero-order chi connectivity index (χ0) is 14.9. The van der Waals surface area contributed by atoms with Gasteiger partial charge in [-0.3, -0.25) is 0 Å². The highest BCUT2D eigenvalue weighted by Crippen LogP contribution is 2.12. The van der Waals surface area contributed by atoms with Gasteiger partial charge in [0.25, 0.3) is 0 Å². The predicted octanol–water partition coefficient (Wildman–Crippen LogP) is 2.38. The van der Waals surface area contributed by atoms with Crippen LogP contribution in [0.1, 0.15) is 11.1 Å². The van der Waals surface area contributed by atoms with Gasteiger partial charge in [0.2, 0.25) is 0 Å². The molecule has 0 heterocycles. The summed E-state index contributed by atoms with van der Waals surface area (Å²) in [5, 5.41) is 11.5. The Morgan fingerprint density at radius 2 is 1.71 bits per heavy atom. The summed E-state index contributed by atoms with van der Waals surface area (Å²) in [5.74, 6) is 0.792. The summed E-state index contributed by atoms with van der Waals surface area (Å²) < 4.78 is 11.1. The topological polar surface area (TPSA) is 77.1 Å². The number of amidine groups is 1. The first kappa shape index (κ1) is 14.9. The van der Waals surface area contributed by atoms with Crippen LogP contribution in [0.2, 0.25) is 0 Å². The van der Waals surface area contributed by atoms with Crippen molar-refractivity contribution >= 4 is 5.84 Å². The Hall–Kier alpha value is -2.53. The Labute approximate surface area is 123 Å². The molecule has 5 heteroatoms. The molecule has 0 aliphatic carbocycles. The van der Waals surface area contributed by atoms with Crippen molar-refractivity contribution in [2.75, 3.05) is 13.2 Å². The van der Waals surface area contributed by atoms with E-state index in [1.807, 2.05) is 30.3 Å². The van der Waals surface area contributed by atoms with Crippen LogP contribution in [0.25, 0.3) is 0 Å². The molecule has 2 aromatic rings. The lowest BCUT2D eigenvalue weighted by atomic mass is 10.2. The number of oxime groups is 1. The van der Waals surface area contributed by atoms with Gasteiger partial charge in [-0.2, -0.15) is 0 Å². The Kier molecular flexibility index (Phi) is 5.60. The zero-order valence-corrected chi connectivity index (χ0v) is 11.6. The van der Waals surface area contributed by atoms with Crippen LogP contribution in [-0.2, 0) is 11.3 Å². The van der Waals surface area contributed by atoms with Crippen molar-refractivity contribution in [2.45, 2.75) is 6.61 Å². The van der Waals surface area contributed by atoms with E-state index in [0.29, 0.717) is 31.1 Å². The smallest absolute Gasteiger partial charge is 0.170 e. The summed E-state index contributed by atoms with van der Waals surface area (Å²) in [5.41, 5.74) is 7.26. The highest BCUT2D eigenvalue weighted by Gasteiger charge is 2.00. The van der Waals surface area contributed by atoms with Crippen LogP contribution in [0.3, 0.4) is 0 Å². The predicted molar refractivity (Wildman–Crippen MR) is 80.5 cm³/mol. The van der Waals surface area contributed by atoms with Crippen LogP contribution < -0.4 is 10.5 Å². The fraction of sp³-hybridized carbons (Fsp3) is 0.188. The highest BCUT2D eigenvalue weighted by molar-refractivity contribution is 5.97. The van der Waals surface area contributed by atoms with E-state index in [2.05, 4.69) is 5.16 Å². The molecule has 0 unspecified atom stereocenters. The van der Waals surface area contributed by atoms with Crippen molar-refractivity contribution in [3.8, 4) is 5.75 Å². The molecular formula is C16H18N2O3. The third-order valence-electron chi connectivity index (χ3n) is 2.87. The first-order valence-corrected chi connectivity index (χ1v) is 6.62. The van der Waals surface area contributed by atoms with E-state index < -0.39 is 0 Å². The number of hydrogen-bond donors (Lipinski definition) is 2. The molecule has 2 aromatic carbocycles. The van der Waals surface area contributed by atoms with Gasteiger partial charge >= 0.3 is 0 Å². The molecule has 0 saturated heterocycles. The molecule has 110 valence electrons. The largest absolute Gasteiger partial charge is 0.491 e. The molecule has 0 spiro atoms. The first-order valence-electron chi connectivity index (χ1n) is 6.62. The van der Waals surface area contributed by atoms with E-state index in [9.17, 15) is 0 Å². The number of ether oxygens (including phenoxy) is 2. The Morgan fingerprint density at radius 1 is 1.00 bits per heavy atom. The van der Waals surface area contributed by atoms with Gasteiger partial charge in [0, 0.05) is 5.56 Å². The van der Waals surface area contributed by atoms with Gasteiger partial charge in [0.05, 0.1) is 13.2 Å². The summed E-state index contributed by atoms with van der Waals surface area (Å²) in [6, 6.07) is 17.0. The van der Waals surface area contributed by atoms with Crippen molar-refractivity contribution in [2.24, 2.45) is 10.9 Å². The lowest BCUT2D eigenvalue weighted by Gasteiger charge is -2.08. The van der Waals surface area contributed by atoms with Crippen LogP contribution >= 0.6 is 0 Å². The molecule has 0 radical (unpaired) electrons. The molecule has 0 bridgehead atoms. The minimum Gasteiger partial charge on any atom is -0.491 e. The van der Waals surface area contributed by atoms with Crippen molar-refractivity contribution in [3.05, 3.63) is 65.7 Å².